The fraction of sp³-hybridized carbons (Fsp3) is 0.636. The third-order valence-corrected chi connectivity index (χ3v) is 6.59. The van der Waals surface area contributed by atoms with E-state index in [1.54, 1.807) is 0 Å². The quantitative estimate of drug-likeness (QED) is 0.744. The van der Waals surface area contributed by atoms with Gasteiger partial charge in [-0.1, -0.05) is 6.07 Å². The van der Waals surface area contributed by atoms with Crippen LogP contribution in [0, 0.1) is 12.3 Å². The Morgan fingerprint density at radius 3 is 2.78 bits per heavy atom. The first-order valence-corrected chi connectivity index (χ1v) is 10.5. The van der Waals surface area contributed by atoms with Crippen LogP contribution in [0.1, 0.15) is 43.2 Å². The average molecular weight is 371 g/mol. The molecule has 3 fully saturated rings. The lowest BCUT2D eigenvalue weighted by atomic mass is 9.73. The van der Waals surface area contributed by atoms with Gasteiger partial charge < -0.3 is 26.0 Å². The number of ether oxygens (including phenoxy) is 1. The summed E-state index contributed by atoms with van der Waals surface area (Å²) in [5, 5.41) is 6.79. The fourth-order valence-corrected chi connectivity index (χ4v) is 4.59. The van der Waals surface area contributed by atoms with Crippen LogP contribution in [0.2, 0.25) is 0 Å². The van der Waals surface area contributed by atoms with Gasteiger partial charge in [0.05, 0.1) is 11.8 Å². The lowest BCUT2D eigenvalue weighted by molar-refractivity contribution is 0.0188. The van der Waals surface area contributed by atoms with Gasteiger partial charge in [0.25, 0.3) is 0 Å². The van der Waals surface area contributed by atoms with Crippen molar-refractivity contribution in [3.05, 3.63) is 35.5 Å². The molecule has 4 N–H and O–H groups in total. The predicted octanol–water partition coefficient (Wildman–Crippen LogP) is 2.60. The Balaban J connectivity index is 1.34. The second kappa shape index (κ2) is 8.11. The van der Waals surface area contributed by atoms with Crippen molar-refractivity contribution in [1.82, 2.24) is 10.6 Å². The van der Waals surface area contributed by atoms with Crippen molar-refractivity contribution < 1.29 is 4.74 Å². The number of benzene rings is 1. The molecule has 3 aliphatic heterocycles. The van der Waals surface area contributed by atoms with E-state index in [0.29, 0.717) is 11.5 Å². The molecule has 0 aromatic heterocycles. The summed E-state index contributed by atoms with van der Waals surface area (Å²) in [6, 6.07) is 6.69. The number of nitrogens with zero attached hydrogens (tertiary/aromatic N) is 1. The van der Waals surface area contributed by atoms with Crippen molar-refractivity contribution in [2.45, 2.75) is 45.1 Å². The normalized spacial score (nSPS) is 25.3. The van der Waals surface area contributed by atoms with Gasteiger partial charge in [-0.05, 0) is 62.1 Å². The molecule has 0 radical (unpaired) electrons. The number of hydrogen-bond acceptors (Lipinski definition) is 5. The first kappa shape index (κ1) is 18.6. The van der Waals surface area contributed by atoms with Crippen LogP contribution in [0.15, 0.2) is 24.4 Å². The topological polar surface area (TPSA) is 62.5 Å². The minimum atomic E-state index is 0.319. The van der Waals surface area contributed by atoms with Crippen molar-refractivity contribution in [3.63, 3.8) is 0 Å². The van der Waals surface area contributed by atoms with Crippen LogP contribution < -0.4 is 21.3 Å². The number of nitrogens with two attached hydrogens (primary N) is 1. The van der Waals surface area contributed by atoms with E-state index in [-0.39, 0.29) is 0 Å². The van der Waals surface area contributed by atoms with Crippen LogP contribution in [-0.4, -0.2) is 45.4 Å². The van der Waals surface area contributed by atoms with Crippen molar-refractivity contribution in [2.24, 2.45) is 11.1 Å². The number of hydrogen-bond donors (Lipinski definition) is 3. The Morgan fingerprint density at radius 1 is 1.33 bits per heavy atom. The summed E-state index contributed by atoms with van der Waals surface area (Å²) < 4.78 is 5.76. The average Bonchev–Trinajstić information content (AvgIpc) is 2.67. The standard InChI is InChI=1S/C22H34N4O/c1-17-12-18(26-9-7-22(8-10-26)15-25-16-22)5-6-20(17)21(23)14-24-13-19-4-2-3-11-27-19/h5-6,12,14,19,24-25H,2-4,7-11,13,15-16,23H2,1H3/b21-14-. The molecule has 1 unspecified atom stereocenters. The maximum atomic E-state index is 6.34. The first-order valence-electron chi connectivity index (χ1n) is 10.5. The van der Waals surface area contributed by atoms with Crippen molar-refractivity contribution >= 4 is 11.4 Å². The first-order chi connectivity index (χ1) is 13.2. The molecule has 0 bridgehead atoms. The van der Waals surface area contributed by atoms with Gasteiger partial charge >= 0.3 is 0 Å². The predicted molar refractivity (Wildman–Crippen MR) is 112 cm³/mol. The van der Waals surface area contributed by atoms with Gasteiger partial charge in [0.1, 0.15) is 0 Å². The molecule has 148 valence electrons. The fourth-order valence-electron chi connectivity index (χ4n) is 4.59. The van der Waals surface area contributed by atoms with E-state index >= 15 is 0 Å². The van der Waals surface area contributed by atoms with Crippen molar-refractivity contribution in [3.8, 4) is 0 Å². The maximum Gasteiger partial charge on any atom is 0.0747 e. The summed E-state index contributed by atoms with van der Waals surface area (Å²) in [5.74, 6) is 0. The summed E-state index contributed by atoms with van der Waals surface area (Å²) in [7, 11) is 0. The smallest absolute Gasteiger partial charge is 0.0747 e. The lowest BCUT2D eigenvalue weighted by Gasteiger charge is -2.49. The summed E-state index contributed by atoms with van der Waals surface area (Å²) in [6.45, 7) is 8.62. The zero-order valence-electron chi connectivity index (χ0n) is 16.6. The molecule has 1 atom stereocenters. The molecule has 5 heteroatoms. The molecule has 1 aromatic carbocycles. The molecule has 3 aliphatic rings. The molecular formula is C22H34N4O. The van der Waals surface area contributed by atoms with E-state index in [4.69, 9.17) is 10.5 Å². The third-order valence-electron chi connectivity index (χ3n) is 6.59. The van der Waals surface area contributed by atoms with Crippen LogP contribution in [-0.2, 0) is 4.74 Å². The van der Waals surface area contributed by atoms with E-state index in [9.17, 15) is 0 Å². The SMILES string of the molecule is Cc1cc(N2CCC3(CC2)CNC3)ccc1/C(N)=C/NCC1CCCCO1. The van der Waals surface area contributed by atoms with Gasteiger partial charge in [-0.2, -0.15) is 0 Å². The number of nitrogens with one attached hydrogen (secondary N) is 2. The minimum absolute atomic E-state index is 0.319. The Hall–Kier alpha value is -1.72. The highest BCUT2D eigenvalue weighted by Gasteiger charge is 2.39. The van der Waals surface area contributed by atoms with E-state index < -0.39 is 0 Å². The summed E-state index contributed by atoms with van der Waals surface area (Å²) in [5.41, 5.74) is 11.4. The highest BCUT2D eigenvalue weighted by molar-refractivity contribution is 5.68. The molecular weight excluding hydrogens is 336 g/mol. The van der Waals surface area contributed by atoms with Crippen LogP contribution >= 0.6 is 0 Å². The van der Waals surface area contributed by atoms with Crippen LogP contribution in [0.25, 0.3) is 5.70 Å². The van der Waals surface area contributed by atoms with E-state index in [1.165, 1.54) is 50.0 Å². The lowest BCUT2D eigenvalue weighted by Crippen LogP contribution is -2.58. The molecule has 4 rings (SSSR count). The molecule has 5 nitrogen and oxygen atoms in total. The molecule has 0 amide bonds. The Kier molecular flexibility index (Phi) is 5.60. The minimum Gasteiger partial charge on any atom is -0.397 e. The van der Waals surface area contributed by atoms with Crippen LogP contribution in [0.3, 0.4) is 0 Å². The highest BCUT2D eigenvalue weighted by Crippen LogP contribution is 2.36. The zero-order chi connectivity index (χ0) is 18.7. The van der Waals surface area contributed by atoms with Crippen molar-refractivity contribution in [1.29, 1.82) is 0 Å². The Morgan fingerprint density at radius 2 is 2.15 bits per heavy atom. The second-order valence-electron chi connectivity index (χ2n) is 8.59. The van der Waals surface area contributed by atoms with E-state index in [1.807, 2.05) is 6.20 Å². The van der Waals surface area contributed by atoms with Gasteiger partial charge in [-0.3, -0.25) is 0 Å². The van der Waals surface area contributed by atoms with Crippen LogP contribution in [0.4, 0.5) is 5.69 Å². The summed E-state index contributed by atoms with van der Waals surface area (Å²) in [6.07, 6.45) is 8.45. The van der Waals surface area contributed by atoms with Crippen LogP contribution in [0.5, 0.6) is 0 Å². The number of aryl methyl sites for hydroxylation is 1. The van der Waals surface area contributed by atoms with Crippen molar-refractivity contribution in [2.75, 3.05) is 44.2 Å². The highest BCUT2D eigenvalue weighted by atomic mass is 16.5. The largest absolute Gasteiger partial charge is 0.397 e. The van der Waals surface area contributed by atoms with Gasteiger partial charge in [0.15, 0.2) is 0 Å². The third kappa shape index (κ3) is 4.25. The zero-order valence-corrected chi connectivity index (χ0v) is 16.6. The van der Waals surface area contributed by atoms with E-state index in [0.717, 1.165) is 43.9 Å². The molecule has 1 aromatic rings. The molecule has 1 spiro atoms. The molecule has 0 saturated carbocycles. The molecule has 27 heavy (non-hydrogen) atoms. The maximum absolute atomic E-state index is 6.34. The number of rotatable bonds is 5. The summed E-state index contributed by atoms with van der Waals surface area (Å²) >= 11 is 0. The second-order valence-corrected chi connectivity index (χ2v) is 8.59. The number of piperidine rings is 1. The Bertz CT molecular complexity index is 667. The van der Waals surface area contributed by atoms with Gasteiger partial charge in [0.2, 0.25) is 0 Å². The Labute approximate surface area is 163 Å². The molecule has 3 heterocycles. The van der Waals surface area contributed by atoms with Gasteiger partial charge in [-0.25, -0.2) is 0 Å². The van der Waals surface area contributed by atoms with Gasteiger partial charge in [-0.15, -0.1) is 0 Å². The number of anilines is 1. The monoisotopic (exact) mass is 370 g/mol. The summed E-state index contributed by atoms with van der Waals surface area (Å²) in [4.78, 5) is 2.53. The van der Waals surface area contributed by atoms with Gasteiger partial charge in [0, 0.05) is 56.8 Å². The molecule has 3 saturated heterocycles. The van der Waals surface area contributed by atoms with E-state index in [2.05, 4.69) is 40.7 Å². The molecule has 0 aliphatic carbocycles.